The summed E-state index contributed by atoms with van der Waals surface area (Å²) in [5, 5.41) is 13.7. The molecule has 0 saturated carbocycles. The molecule has 5 heteroatoms. The summed E-state index contributed by atoms with van der Waals surface area (Å²) >= 11 is 0. The molecule has 110 valence electrons. The molecule has 0 aliphatic heterocycles. The predicted octanol–water partition coefficient (Wildman–Crippen LogP) is 3.26. The smallest absolute Gasteiger partial charge is 0.140 e. The van der Waals surface area contributed by atoms with Gasteiger partial charge >= 0.3 is 0 Å². The summed E-state index contributed by atoms with van der Waals surface area (Å²) in [5.74, 6) is 0.112. The number of unbranched alkanes of at least 4 members (excludes halogenated alkanes) is 2. The van der Waals surface area contributed by atoms with E-state index in [0.29, 0.717) is 30.0 Å². The van der Waals surface area contributed by atoms with Crippen LogP contribution in [0.1, 0.15) is 43.0 Å². The summed E-state index contributed by atoms with van der Waals surface area (Å²) in [6, 6.07) is 8.42. The van der Waals surface area contributed by atoms with Crippen LogP contribution in [0, 0.1) is 17.1 Å². The number of nitrogens with zero attached hydrogens (tertiary/aromatic N) is 3. The molecule has 4 nitrogen and oxygen atoms in total. The lowest BCUT2D eigenvalue weighted by molar-refractivity contribution is 0.555. The average Bonchev–Trinajstić information content (AvgIpc) is 2.75. The molecule has 1 heterocycles. The van der Waals surface area contributed by atoms with E-state index in [2.05, 4.69) is 18.1 Å². The molecule has 0 radical (unpaired) electrons. The van der Waals surface area contributed by atoms with E-state index < -0.39 is 0 Å². The lowest BCUT2D eigenvalue weighted by Gasteiger charge is -2.02. The second-order valence-corrected chi connectivity index (χ2v) is 5.06. The van der Waals surface area contributed by atoms with Crippen molar-refractivity contribution in [2.24, 2.45) is 0 Å². The van der Waals surface area contributed by atoms with E-state index in [1.54, 1.807) is 10.7 Å². The summed E-state index contributed by atoms with van der Waals surface area (Å²) in [6.45, 7) is 2.83. The number of anilines is 1. The van der Waals surface area contributed by atoms with Gasteiger partial charge in [-0.1, -0.05) is 31.9 Å². The second-order valence-electron chi connectivity index (χ2n) is 5.06. The van der Waals surface area contributed by atoms with Gasteiger partial charge in [0.25, 0.3) is 0 Å². The number of nitriles is 1. The lowest BCUT2D eigenvalue weighted by atomic mass is 10.1. The summed E-state index contributed by atoms with van der Waals surface area (Å²) in [6.07, 6.45) is 3.60. The molecule has 0 fully saturated rings. The van der Waals surface area contributed by atoms with Gasteiger partial charge in [0.2, 0.25) is 0 Å². The lowest BCUT2D eigenvalue weighted by Crippen LogP contribution is -2.05. The van der Waals surface area contributed by atoms with Gasteiger partial charge in [-0.05, 0) is 24.1 Å². The van der Waals surface area contributed by atoms with Gasteiger partial charge in [0.15, 0.2) is 0 Å². The molecule has 0 aliphatic carbocycles. The number of halogens is 1. The number of benzene rings is 1. The summed E-state index contributed by atoms with van der Waals surface area (Å²) in [4.78, 5) is 0. The van der Waals surface area contributed by atoms with Crippen LogP contribution in [0.4, 0.5) is 10.2 Å². The quantitative estimate of drug-likeness (QED) is 0.829. The van der Waals surface area contributed by atoms with Crippen LogP contribution in [0.5, 0.6) is 0 Å². The molecule has 0 atom stereocenters. The zero-order valence-electron chi connectivity index (χ0n) is 12.1. The number of hydrogen-bond donors (Lipinski definition) is 1. The third kappa shape index (κ3) is 3.60. The molecule has 0 saturated heterocycles. The number of aryl methyl sites for hydroxylation is 1. The van der Waals surface area contributed by atoms with Crippen molar-refractivity contribution in [3.63, 3.8) is 0 Å². The van der Waals surface area contributed by atoms with Crippen LogP contribution in [-0.2, 0) is 13.0 Å². The van der Waals surface area contributed by atoms with Crippen molar-refractivity contribution in [2.75, 3.05) is 5.73 Å². The SMILES string of the molecule is CCCCCn1nc(Cc2cccc(F)c2)c(C#N)c1N. The zero-order valence-corrected chi connectivity index (χ0v) is 12.1. The van der Waals surface area contributed by atoms with Crippen molar-refractivity contribution in [2.45, 2.75) is 39.2 Å². The van der Waals surface area contributed by atoms with Crippen molar-refractivity contribution in [3.8, 4) is 6.07 Å². The fraction of sp³-hybridized carbons (Fsp3) is 0.375. The first-order valence-electron chi connectivity index (χ1n) is 7.15. The predicted molar refractivity (Wildman–Crippen MR) is 80.1 cm³/mol. The summed E-state index contributed by atoms with van der Waals surface area (Å²) < 4.78 is 14.9. The van der Waals surface area contributed by atoms with Crippen LogP contribution in [0.25, 0.3) is 0 Å². The molecule has 0 bridgehead atoms. The topological polar surface area (TPSA) is 67.6 Å². The van der Waals surface area contributed by atoms with Crippen LogP contribution in [0.2, 0.25) is 0 Å². The van der Waals surface area contributed by atoms with Crippen molar-refractivity contribution in [3.05, 3.63) is 46.9 Å². The average molecular weight is 286 g/mol. The Morgan fingerprint density at radius 1 is 1.38 bits per heavy atom. The molecule has 0 spiro atoms. The van der Waals surface area contributed by atoms with Gasteiger partial charge in [-0.2, -0.15) is 10.4 Å². The maximum absolute atomic E-state index is 13.2. The van der Waals surface area contributed by atoms with Crippen LogP contribution >= 0.6 is 0 Å². The maximum Gasteiger partial charge on any atom is 0.140 e. The molecule has 2 rings (SSSR count). The highest BCUT2D eigenvalue weighted by atomic mass is 19.1. The first-order chi connectivity index (χ1) is 10.2. The number of aromatic nitrogens is 2. The molecule has 2 N–H and O–H groups in total. The van der Waals surface area contributed by atoms with E-state index in [4.69, 9.17) is 5.73 Å². The number of rotatable bonds is 6. The standard InChI is InChI=1S/C16H19FN4/c1-2-3-4-8-21-16(19)14(11-18)15(20-21)10-12-6-5-7-13(17)9-12/h5-7,9H,2-4,8,10,19H2,1H3. The first kappa shape index (κ1) is 15.0. The largest absolute Gasteiger partial charge is 0.383 e. The number of nitrogen functional groups attached to an aromatic ring is 1. The maximum atomic E-state index is 13.2. The molecular weight excluding hydrogens is 267 g/mol. The van der Waals surface area contributed by atoms with E-state index >= 15 is 0 Å². The minimum atomic E-state index is -0.290. The molecule has 21 heavy (non-hydrogen) atoms. The Balaban J connectivity index is 2.23. The highest BCUT2D eigenvalue weighted by molar-refractivity contribution is 5.53. The third-order valence-corrected chi connectivity index (χ3v) is 3.41. The van der Waals surface area contributed by atoms with E-state index in [0.717, 1.165) is 24.8 Å². The third-order valence-electron chi connectivity index (χ3n) is 3.41. The van der Waals surface area contributed by atoms with E-state index in [1.807, 2.05) is 6.07 Å². The van der Waals surface area contributed by atoms with Crippen molar-refractivity contribution in [1.29, 1.82) is 5.26 Å². The monoisotopic (exact) mass is 286 g/mol. The Hall–Kier alpha value is -2.35. The van der Waals surface area contributed by atoms with Gasteiger partial charge in [-0.15, -0.1) is 0 Å². The van der Waals surface area contributed by atoms with Gasteiger partial charge in [-0.3, -0.25) is 0 Å². The van der Waals surface area contributed by atoms with Crippen LogP contribution in [0.3, 0.4) is 0 Å². The number of hydrogen-bond acceptors (Lipinski definition) is 3. The Morgan fingerprint density at radius 2 is 2.19 bits per heavy atom. The molecule has 1 aromatic carbocycles. The Morgan fingerprint density at radius 3 is 2.86 bits per heavy atom. The van der Waals surface area contributed by atoms with Crippen LogP contribution in [-0.4, -0.2) is 9.78 Å². The highest BCUT2D eigenvalue weighted by Crippen LogP contribution is 2.20. The summed E-state index contributed by atoms with van der Waals surface area (Å²) in [5.41, 5.74) is 7.77. The van der Waals surface area contributed by atoms with Gasteiger partial charge in [0.05, 0.1) is 5.69 Å². The molecule has 1 aromatic heterocycles. The molecule has 2 aromatic rings. The molecule has 0 aliphatic rings. The zero-order chi connectivity index (χ0) is 15.2. The van der Waals surface area contributed by atoms with Gasteiger partial charge in [-0.25, -0.2) is 9.07 Å². The van der Waals surface area contributed by atoms with E-state index in [-0.39, 0.29) is 5.82 Å². The Bertz CT molecular complexity index is 655. The normalized spacial score (nSPS) is 10.5. The van der Waals surface area contributed by atoms with E-state index in [1.165, 1.54) is 12.1 Å². The first-order valence-corrected chi connectivity index (χ1v) is 7.15. The molecule has 0 unspecified atom stereocenters. The Kier molecular flexibility index (Phi) is 4.94. The minimum absolute atomic E-state index is 0.290. The van der Waals surface area contributed by atoms with E-state index in [9.17, 15) is 9.65 Å². The molecule has 0 amide bonds. The molecular formula is C16H19FN4. The second kappa shape index (κ2) is 6.89. The fourth-order valence-corrected chi connectivity index (χ4v) is 2.29. The van der Waals surface area contributed by atoms with Gasteiger partial charge in [0, 0.05) is 13.0 Å². The van der Waals surface area contributed by atoms with Crippen LogP contribution < -0.4 is 5.73 Å². The van der Waals surface area contributed by atoms with Crippen molar-refractivity contribution >= 4 is 5.82 Å². The van der Waals surface area contributed by atoms with Crippen LogP contribution in [0.15, 0.2) is 24.3 Å². The summed E-state index contributed by atoms with van der Waals surface area (Å²) in [7, 11) is 0. The van der Waals surface area contributed by atoms with Crippen molar-refractivity contribution in [1.82, 2.24) is 9.78 Å². The minimum Gasteiger partial charge on any atom is -0.383 e. The highest BCUT2D eigenvalue weighted by Gasteiger charge is 2.15. The fourth-order valence-electron chi connectivity index (χ4n) is 2.29. The Labute approximate surface area is 124 Å². The van der Waals surface area contributed by atoms with Crippen molar-refractivity contribution < 1.29 is 4.39 Å². The number of nitrogens with two attached hydrogens (primary N) is 1. The van der Waals surface area contributed by atoms with Gasteiger partial charge in [0.1, 0.15) is 23.3 Å². The van der Waals surface area contributed by atoms with Gasteiger partial charge < -0.3 is 5.73 Å².